The zero-order valence-corrected chi connectivity index (χ0v) is 19.5. The van der Waals surface area contributed by atoms with Gasteiger partial charge in [-0.05, 0) is 66.2 Å². The Hall–Kier alpha value is -4.44. The van der Waals surface area contributed by atoms with E-state index in [9.17, 15) is 18.8 Å². The molecular weight excluding hydrogens is 491 g/mol. The van der Waals surface area contributed by atoms with Crippen LogP contribution in [-0.4, -0.2) is 25.2 Å². The molecule has 0 spiro atoms. The predicted molar refractivity (Wildman–Crippen MR) is 130 cm³/mol. The molecule has 4 rings (SSSR count). The number of rotatable bonds is 8. The molecule has 36 heavy (non-hydrogen) atoms. The molecule has 3 aromatic carbocycles. The number of aliphatic carboxylic acids is 1. The van der Waals surface area contributed by atoms with E-state index >= 15 is 0 Å². The van der Waals surface area contributed by atoms with Crippen molar-refractivity contribution in [1.29, 1.82) is 0 Å². The Kier molecular flexibility index (Phi) is 7.45. The van der Waals surface area contributed by atoms with Crippen LogP contribution in [-0.2, 0) is 17.9 Å². The van der Waals surface area contributed by atoms with E-state index in [0.29, 0.717) is 22.2 Å². The van der Waals surface area contributed by atoms with Crippen LogP contribution in [0.15, 0.2) is 87.4 Å². The molecule has 11 heteroatoms. The van der Waals surface area contributed by atoms with Gasteiger partial charge in [0.05, 0.1) is 18.7 Å². The zero-order chi connectivity index (χ0) is 25.7. The summed E-state index contributed by atoms with van der Waals surface area (Å²) in [7, 11) is 0. The summed E-state index contributed by atoms with van der Waals surface area (Å²) in [5.41, 5.74) is -0.352. The van der Waals surface area contributed by atoms with Gasteiger partial charge in [0.15, 0.2) is 0 Å². The van der Waals surface area contributed by atoms with Crippen LogP contribution in [0.5, 0.6) is 11.5 Å². The number of ether oxygens (including phenoxy) is 1. The second kappa shape index (κ2) is 10.9. The summed E-state index contributed by atoms with van der Waals surface area (Å²) in [6.45, 7) is -0.232. The fourth-order valence-corrected chi connectivity index (χ4v) is 3.44. The number of nitrogens with one attached hydrogen (secondary N) is 1. The van der Waals surface area contributed by atoms with Crippen molar-refractivity contribution >= 4 is 23.3 Å². The Morgan fingerprint density at radius 1 is 0.944 bits per heavy atom. The Morgan fingerprint density at radius 3 is 2.17 bits per heavy atom. The first kappa shape index (κ1) is 24.7. The molecule has 2 N–H and O–H groups in total. The normalized spacial score (nSPS) is 11.4. The molecule has 0 atom stereocenters. The van der Waals surface area contributed by atoms with E-state index in [1.807, 2.05) is 0 Å². The lowest BCUT2D eigenvalue weighted by atomic mass is 10.2. The van der Waals surface area contributed by atoms with Crippen molar-refractivity contribution in [1.82, 2.24) is 14.1 Å². The van der Waals surface area contributed by atoms with E-state index in [-0.39, 0.29) is 24.5 Å². The van der Waals surface area contributed by atoms with E-state index in [4.69, 9.17) is 21.4 Å². The molecule has 9 nitrogen and oxygen atoms in total. The topological polar surface area (TPSA) is 119 Å². The highest BCUT2D eigenvalue weighted by molar-refractivity contribution is 6.30. The van der Waals surface area contributed by atoms with Gasteiger partial charge in [0, 0.05) is 11.6 Å². The zero-order valence-electron chi connectivity index (χ0n) is 18.7. The third kappa shape index (κ3) is 6.16. The molecule has 0 radical (unpaired) electrons. The molecule has 1 aromatic heterocycles. The summed E-state index contributed by atoms with van der Waals surface area (Å²) in [4.78, 5) is 43.7. The van der Waals surface area contributed by atoms with Gasteiger partial charge in [-0.1, -0.05) is 23.7 Å². The molecule has 0 saturated carbocycles. The highest BCUT2D eigenvalue weighted by Crippen LogP contribution is 2.24. The average molecular weight is 511 g/mol. The third-order valence-corrected chi connectivity index (χ3v) is 5.36. The standard InChI is InChI=1S/C25H20ClFN4O5/c26-17-3-1-16(2-4-17)15-31-23(29-24(34)30(25(31)35)14-13-22(32)33)28-19-7-11-21(12-8-19)36-20-9-5-18(27)6-10-20/h1-12H,13-15H2,(H,32,33)(H,28,29,34). The number of benzene rings is 3. The van der Waals surface area contributed by atoms with Gasteiger partial charge in [0.25, 0.3) is 0 Å². The fraction of sp³-hybridized carbons (Fsp3) is 0.120. The van der Waals surface area contributed by atoms with Gasteiger partial charge in [0.2, 0.25) is 5.62 Å². The summed E-state index contributed by atoms with van der Waals surface area (Å²) in [5, 5.41) is 9.50. The second-order valence-electron chi connectivity index (χ2n) is 7.71. The summed E-state index contributed by atoms with van der Waals surface area (Å²) in [6, 6.07) is 18.9. The molecule has 1 heterocycles. The van der Waals surface area contributed by atoms with Gasteiger partial charge in [-0.25, -0.2) is 23.5 Å². The summed E-state index contributed by atoms with van der Waals surface area (Å²) in [6.07, 6.45) is -0.393. The Morgan fingerprint density at radius 2 is 1.56 bits per heavy atom. The van der Waals surface area contributed by atoms with Gasteiger partial charge in [-0.15, -0.1) is 0 Å². The lowest BCUT2D eigenvalue weighted by Crippen LogP contribution is -2.50. The van der Waals surface area contributed by atoms with E-state index in [1.165, 1.54) is 28.8 Å². The van der Waals surface area contributed by atoms with E-state index in [0.717, 1.165) is 10.1 Å². The summed E-state index contributed by atoms with van der Waals surface area (Å²) in [5.74, 6) is -0.576. The molecule has 0 saturated heterocycles. The van der Waals surface area contributed by atoms with Gasteiger partial charge >= 0.3 is 17.3 Å². The lowest BCUT2D eigenvalue weighted by Gasteiger charge is -2.11. The van der Waals surface area contributed by atoms with Crippen molar-refractivity contribution in [2.75, 3.05) is 0 Å². The fourth-order valence-electron chi connectivity index (χ4n) is 3.31. The largest absolute Gasteiger partial charge is 0.481 e. The van der Waals surface area contributed by atoms with Crippen molar-refractivity contribution in [3.63, 3.8) is 0 Å². The van der Waals surface area contributed by atoms with E-state index in [1.54, 1.807) is 48.5 Å². The van der Waals surface area contributed by atoms with Crippen LogP contribution < -0.4 is 21.7 Å². The minimum Gasteiger partial charge on any atom is -0.481 e. The molecular formula is C25H20ClFN4O5. The number of aromatic nitrogens is 3. The number of carbonyl (C=O) groups is 1. The molecule has 0 aliphatic carbocycles. The maximum atomic E-state index is 13.1. The Bertz CT molecular complexity index is 1560. The maximum absolute atomic E-state index is 13.1. The number of halogens is 2. The van der Waals surface area contributed by atoms with E-state index in [2.05, 4.69) is 9.98 Å². The first-order valence-electron chi connectivity index (χ1n) is 10.8. The van der Waals surface area contributed by atoms with Crippen molar-refractivity contribution in [3.8, 4) is 11.5 Å². The molecule has 0 fully saturated rings. The molecule has 4 aromatic rings. The molecule has 0 unspecified atom stereocenters. The maximum Gasteiger partial charge on any atom is 0.335 e. The SMILES string of the molecule is O=C(O)CCn1c(=O)[nH]/c(=N\c2ccc(Oc3ccc(F)cc3)cc2)n(Cc2ccc(Cl)cc2)c1=O. The minimum atomic E-state index is -1.14. The summed E-state index contributed by atoms with van der Waals surface area (Å²) < 4.78 is 20.8. The average Bonchev–Trinajstić information content (AvgIpc) is 2.85. The van der Waals surface area contributed by atoms with Crippen LogP contribution in [0.25, 0.3) is 0 Å². The highest BCUT2D eigenvalue weighted by Gasteiger charge is 2.11. The second-order valence-corrected chi connectivity index (χ2v) is 8.14. The number of H-pyrrole nitrogens is 1. The van der Waals surface area contributed by atoms with Crippen LogP contribution in [0.3, 0.4) is 0 Å². The monoisotopic (exact) mass is 510 g/mol. The number of carboxylic acids is 1. The lowest BCUT2D eigenvalue weighted by molar-refractivity contribution is -0.137. The number of aromatic amines is 1. The minimum absolute atomic E-state index is 0.0151. The molecule has 0 aliphatic rings. The molecule has 184 valence electrons. The molecule has 0 aliphatic heterocycles. The molecule has 0 bridgehead atoms. The van der Waals surface area contributed by atoms with Crippen LogP contribution in [0.2, 0.25) is 5.02 Å². The summed E-state index contributed by atoms with van der Waals surface area (Å²) >= 11 is 5.95. The van der Waals surface area contributed by atoms with Crippen molar-refractivity contribution in [2.24, 2.45) is 4.99 Å². The Balaban J connectivity index is 1.71. The predicted octanol–water partition coefficient (Wildman–Crippen LogP) is 3.68. The quantitative estimate of drug-likeness (QED) is 0.375. The third-order valence-electron chi connectivity index (χ3n) is 5.11. The van der Waals surface area contributed by atoms with E-state index < -0.39 is 23.8 Å². The Labute approximate surface area is 208 Å². The molecule has 0 amide bonds. The first-order valence-corrected chi connectivity index (χ1v) is 11.1. The number of hydrogen-bond donors (Lipinski definition) is 2. The van der Waals surface area contributed by atoms with Gasteiger partial charge in [-0.3, -0.25) is 14.3 Å². The smallest absolute Gasteiger partial charge is 0.335 e. The number of hydrogen-bond acceptors (Lipinski definition) is 5. The number of nitrogens with zero attached hydrogens (tertiary/aromatic N) is 3. The highest BCUT2D eigenvalue weighted by atomic mass is 35.5. The van der Waals surface area contributed by atoms with Gasteiger partial charge < -0.3 is 9.84 Å². The number of carboxylic acid groups (broad SMARTS) is 1. The van der Waals surface area contributed by atoms with Crippen molar-refractivity contribution in [3.05, 3.63) is 116 Å². The van der Waals surface area contributed by atoms with Gasteiger partial charge in [-0.2, -0.15) is 0 Å². The van der Waals surface area contributed by atoms with Crippen LogP contribution in [0, 0.1) is 5.82 Å². The van der Waals surface area contributed by atoms with Crippen molar-refractivity contribution in [2.45, 2.75) is 19.5 Å². The van der Waals surface area contributed by atoms with Crippen LogP contribution in [0.4, 0.5) is 10.1 Å². The van der Waals surface area contributed by atoms with Gasteiger partial charge in [0.1, 0.15) is 17.3 Å². The first-order chi connectivity index (χ1) is 17.3. The van der Waals surface area contributed by atoms with Crippen molar-refractivity contribution < 1.29 is 19.0 Å². The van der Waals surface area contributed by atoms with Crippen LogP contribution >= 0.6 is 11.6 Å². The van der Waals surface area contributed by atoms with Crippen LogP contribution in [0.1, 0.15) is 12.0 Å².